The normalized spacial score (nSPS) is 15.9. The van der Waals surface area contributed by atoms with Crippen LogP contribution in [0.5, 0.6) is 0 Å². The van der Waals surface area contributed by atoms with E-state index in [4.69, 9.17) is 20.8 Å². The lowest BCUT2D eigenvalue weighted by atomic mass is 10.2. The van der Waals surface area contributed by atoms with Gasteiger partial charge in [-0.2, -0.15) is 0 Å². The molecule has 0 aromatic heterocycles. The summed E-state index contributed by atoms with van der Waals surface area (Å²) in [5.41, 5.74) is -0.529. The Morgan fingerprint density at radius 1 is 1.27 bits per heavy atom. The molecular weight excluding hydrogens is 318 g/mol. The molecule has 0 bridgehead atoms. The molecule has 0 radical (unpaired) electrons. The van der Waals surface area contributed by atoms with Gasteiger partial charge >= 0.3 is 6.09 Å². The molecule has 0 unspecified atom stereocenters. The van der Waals surface area contributed by atoms with Gasteiger partial charge in [-0.05, 0) is 38.9 Å². The summed E-state index contributed by atoms with van der Waals surface area (Å²) in [5, 5.41) is 2.43. The minimum absolute atomic E-state index is 0.0644. The molecule has 6 heteroatoms. The molecule has 0 aromatic rings. The van der Waals surface area contributed by atoms with Crippen LogP contribution in [0, 0.1) is 0 Å². The second-order valence-electron chi connectivity index (χ2n) is 7.98. The number of hydrogen-bond acceptors (Lipinski definition) is 3. The molecule has 1 amide bonds. The average molecular weight is 350 g/mol. The number of alkyl carbamates (subject to hydrolysis) is 1. The van der Waals surface area contributed by atoms with Gasteiger partial charge in [0, 0.05) is 6.54 Å². The van der Waals surface area contributed by atoms with E-state index in [1.54, 1.807) is 6.08 Å². The van der Waals surface area contributed by atoms with E-state index in [-0.39, 0.29) is 16.5 Å². The molecule has 0 fully saturated rings. The lowest BCUT2D eigenvalue weighted by Crippen LogP contribution is -2.50. The number of carbonyl (C=O) groups is 1. The Balaban J connectivity index is 4.82. The summed E-state index contributed by atoms with van der Waals surface area (Å²) < 4.78 is 11.5. The number of hydrogen-bond donors (Lipinski definition) is 1. The molecule has 0 aliphatic heterocycles. The van der Waals surface area contributed by atoms with Gasteiger partial charge in [-0.3, -0.25) is 0 Å². The van der Waals surface area contributed by atoms with E-state index in [1.807, 2.05) is 20.8 Å². The van der Waals surface area contributed by atoms with E-state index in [1.165, 1.54) is 0 Å². The number of ether oxygens (including phenoxy) is 1. The summed E-state index contributed by atoms with van der Waals surface area (Å²) in [5.74, 6) is 0. The SMILES string of the molecule is C=C[C@H](Cl)[C@H](CNC(=O)OC(C)(C)C)O[Si](C)(C)C(C)(C)C. The maximum Gasteiger partial charge on any atom is 0.407 e. The van der Waals surface area contributed by atoms with Gasteiger partial charge < -0.3 is 14.5 Å². The standard InChI is InChI=1S/C16H32ClNO3Si/c1-10-12(17)13(21-22(8,9)16(5,6)7)11-18-14(19)20-15(2,3)4/h10,12-13H,1,11H2,2-9H3,(H,18,19)/t12-,13-/m0/s1. The molecule has 22 heavy (non-hydrogen) atoms. The van der Waals surface area contributed by atoms with Crippen molar-refractivity contribution in [1.82, 2.24) is 5.32 Å². The van der Waals surface area contributed by atoms with Crippen LogP contribution in [0.1, 0.15) is 41.5 Å². The van der Waals surface area contributed by atoms with Crippen LogP contribution < -0.4 is 5.32 Å². The molecule has 0 saturated carbocycles. The van der Waals surface area contributed by atoms with Crippen molar-refractivity contribution < 1.29 is 14.0 Å². The fourth-order valence-electron chi connectivity index (χ4n) is 1.42. The molecule has 4 nitrogen and oxygen atoms in total. The second-order valence-corrected chi connectivity index (χ2v) is 13.2. The van der Waals surface area contributed by atoms with Gasteiger partial charge in [-0.25, -0.2) is 4.79 Å². The van der Waals surface area contributed by atoms with Crippen molar-refractivity contribution in [3.63, 3.8) is 0 Å². The number of amides is 1. The number of halogens is 1. The largest absolute Gasteiger partial charge is 0.444 e. The Labute approximate surface area is 141 Å². The summed E-state index contributed by atoms with van der Waals surface area (Å²) in [7, 11) is -1.99. The van der Waals surface area contributed by atoms with Crippen LogP contribution in [-0.2, 0) is 9.16 Å². The zero-order valence-electron chi connectivity index (χ0n) is 15.2. The van der Waals surface area contributed by atoms with Gasteiger partial charge in [0.05, 0.1) is 11.5 Å². The maximum absolute atomic E-state index is 11.8. The highest BCUT2D eigenvalue weighted by atomic mass is 35.5. The number of rotatable bonds is 6. The Morgan fingerprint density at radius 2 is 1.77 bits per heavy atom. The highest BCUT2D eigenvalue weighted by Crippen LogP contribution is 2.37. The van der Waals surface area contributed by atoms with E-state index in [0.29, 0.717) is 6.54 Å². The van der Waals surface area contributed by atoms with E-state index in [2.05, 4.69) is 45.8 Å². The van der Waals surface area contributed by atoms with Crippen LogP contribution in [0.15, 0.2) is 12.7 Å². The van der Waals surface area contributed by atoms with Gasteiger partial charge in [0.25, 0.3) is 0 Å². The third-order valence-electron chi connectivity index (χ3n) is 3.68. The van der Waals surface area contributed by atoms with Crippen LogP contribution in [0.3, 0.4) is 0 Å². The Kier molecular flexibility index (Phi) is 7.65. The van der Waals surface area contributed by atoms with Crippen LogP contribution >= 0.6 is 11.6 Å². The van der Waals surface area contributed by atoms with Gasteiger partial charge in [0.1, 0.15) is 5.60 Å². The van der Waals surface area contributed by atoms with Crippen molar-refractivity contribution >= 4 is 26.0 Å². The average Bonchev–Trinajstić information content (AvgIpc) is 2.29. The first-order valence-electron chi connectivity index (χ1n) is 7.61. The summed E-state index contributed by atoms with van der Waals surface area (Å²) >= 11 is 6.29. The Bertz CT molecular complexity index is 386. The zero-order chi connectivity index (χ0) is 17.8. The van der Waals surface area contributed by atoms with Crippen LogP contribution in [0.2, 0.25) is 18.1 Å². The number of nitrogens with one attached hydrogen (secondary N) is 1. The quantitative estimate of drug-likeness (QED) is 0.429. The third kappa shape index (κ3) is 7.65. The molecule has 0 aromatic carbocycles. The molecule has 0 heterocycles. The molecule has 0 aliphatic carbocycles. The predicted molar refractivity (Wildman–Crippen MR) is 96.1 cm³/mol. The molecule has 0 saturated heterocycles. The molecule has 0 rings (SSSR count). The van der Waals surface area contributed by atoms with Crippen molar-refractivity contribution in [3.8, 4) is 0 Å². The van der Waals surface area contributed by atoms with Crippen molar-refractivity contribution in [2.75, 3.05) is 6.54 Å². The zero-order valence-corrected chi connectivity index (χ0v) is 17.0. The summed E-state index contributed by atoms with van der Waals surface area (Å²) in [6, 6.07) is 0. The molecule has 0 aliphatic rings. The summed E-state index contributed by atoms with van der Waals surface area (Å²) in [4.78, 5) is 11.8. The minimum atomic E-state index is -1.99. The first-order valence-corrected chi connectivity index (χ1v) is 11.0. The third-order valence-corrected chi connectivity index (χ3v) is 8.64. The van der Waals surface area contributed by atoms with Gasteiger partial charge in [0.2, 0.25) is 0 Å². The second kappa shape index (κ2) is 7.84. The van der Waals surface area contributed by atoms with Crippen molar-refractivity contribution in [3.05, 3.63) is 12.7 Å². The predicted octanol–water partition coefficient (Wildman–Crippen LogP) is 4.69. The fraction of sp³-hybridized carbons (Fsp3) is 0.812. The van der Waals surface area contributed by atoms with E-state index >= 15 is 0 Å². The van der Waals surface area contributed by atoms with Crippen LogP contribution in [0.4, 0.5) is 4.79 Å². The smallest absolute Gasteiger partial charge is 0.407 e. The van der Waals surface area contributed by atoms with Crippen molar-refractivity contribution in [2.24, 2.45) is 0 Å². The topological polar surface area (TPSA) is 47.6 Å². The number of carbonyl (C=O) groups excluding carboxylic acids is 1. The van der Waals surface area contributed by atoms with E-state index < -0.39 is 20.0 Å². The molecular formula is C16H32ClNO3Si. The fourth-order valence-corrected chi connectivity index (χ4v) is 2.99. The van der Waals surface area contributed by atoms with Crippen LogP contribution in [-0.4, -0.2) is 38.0 Å². The van der Waals surface area contributed by atoms with Crippen LogP contribution in [0.25, 0.3) is 0 Å². The molecule has 1 N–H and O–H groups in total. The maximum atomic E-state index is 11.8. The highest BCUT2D eigenvalue weighted by molar-refractivity contribution is 6.74. The lowest BCUT2D eigenvalue weighted by molar-refractivity contribution is 0.0498. The monoisotopic (exact) mass is 349 g/mol. The van der Waals surface area contributed by atoms with E-state index in [9.17, 15) is 4.79 Å². The summed E-state index contributed by atoms with van der Waals surface area (Å²) in [6.07, 6.45) is 0.840. The Morgan fingerprint density at radius 3 is 2.14 bits per heavy atom. The summed E-state index contributed by atoms with van der Waals surface area (Å²) in [6.45, 7) is 20.3. The molecule has 130 valence electrons. The Hall–Kier alpha value is -0.523. The highest BCUT2D eigenvalue weighted by Gasteiger charge is 2.40. The lowest BCUT2D eigenvalue weighted by Gasteiger charge is -2.40. The minimum Gasteiger partial charge on any atom is -0.444 e. The first-order chi connectivity index (χ1) is 9.69. The number of alkyl halides is 1. The first kappa shape index (κ1) is 21.5. The van der Waals surface area contributed by atoms with Gasteiger partial charge in [0.15, 0.2) is 8.32 Å². The van der Waals surface area contributed by atoms with E-state index in [0.717, 1.165) is 0 Å². The molecule has 0 spiro atoms. The van der Waals surface area contributed by atoms with Gasteiger partial charge in [-0.1, -0.05) is 26.8 Å². The van der Waals surface area contributed by atoms with Crippen molar-refractivity contribution in [2.45, 2.75) is 76.8 Å². The van der Waals surface area contributed by atoms with Crippen molar-refractivity contribution in [1.29, 1.82) is 0 Å². The van der Waals surface area contributed by atoms with Gasteiger partial charge in [-0.15, -0.1) is 18.2 Å². The molecule has 2 atom stereocenters.